The standard InChI is InChI=1S/C3H4N6.NO3/c1-2-5-3(7-6-2)8-9-4;2-1(3)4/h1H3,(H,5,6,7);/q;-1/p+1. The molecule has 1 aromatic heterocycles. The molecule has 0 aliphatic rings. The predicted molar refractivity (Wildman–Crippen MR) is 39.0 cm³/mol. The van der Waals surface area contributed by atoms with Gasteiger partial charge in [-0.05, 0) is 5.10 Å². The number of H-pyrrole nitrogens is 2. The van der Waals surface area contributed by atoms with Crippen LogP contribution in [0, 0.1) is 22.2 Å². The Kier molecular flexibility index (Phi) is 4.36. The number of nitrogens with one attached hydrogen (secondary N) is 2. The monoisotopic (exact) mass is 187 g/mol. The van der Waals surface area contributed by atoms with E-state index in [1.807, 2.05) is 0 Å². The summed E-state index contributed by atoms with van der Waals surface area (Å²) in [5, 5.41) is 24.2. The van der Waals surface area contributed by atoms with Crippen molar-refractivity contribution in [3.63, 3.8) is 0 Å². The topological polar surface area (TPSA) is 158 Å². The second-order valence-corrected chi connectivity index (χ2v) is 1.70. The third-order valence-corrected chi connectivity index (χ3v) is 0.774. The van der Waals surface area contributed by atoms with Gasteiger partial charge < -0.3 is 15.3 Å². The van der Waals surface area contributed by atoms with Crippen LogP contribution >= 0.6 is 0 Å². The normalized spacial score (nSPS) is 7.77. The molecule has 10 heteroatoms. The second-order valence-electron chi connectivity index (χ2n) is 1.70. The van der Waals surface area contributed by atoms with E-state index < -0.39 is 5.09 Å². The van der Waals surface area contributed by atoms with Gasteiger partial charge in [-0.3, -0.25) is 0 Å². The smallest absolute Gasteiger partial charge is 0.356 e. The molecule has 0 bridgehead atoms. The third-order valence-electron chi connectivity index (χ3n) is 0.774. The summed E-state index contributed by atoms with van der Waals surface area (Å²) in [5.74, 6) is 1.02. The molecule has 0 saturated heterocycles. The number of azide groups is 1. The molecule has 0 aliphatic carbocycles. The lowest BCUT2D eigenvalue weighted by Crippen LogP contribution is -2.00. The summed E-state index contributed by atoms with van der Waals surface area (Å²) in [6.45, 7) is 1.76. The number of rotatable bonds is 1. The van der Waals surface area contributed by atoms with Crippen molar-refractivity contribution in [1.82, 2.24) is 10.2 Å². The van der Waals surface area contributed by atoms with Crippen molar-refractivity contribution < 1.29 is 10.1 Å². The molecule has 2 N–H and O–H groups in total. The Balaban J connectivity index is 0.000000310. The highest BCUT2D eigenvalue weighted by atomic mass is 16.9. The van der Waals surface area contributed by atoms with Crippen LogP contribution in [0.5, 0.6) is 0 Å². The van der Waals surface area contributed by atoms with Gasteiger partial charge in [-0.25, -0.2) is 4.98 Å². The van der Waals surface area contributed by atoms with E-state index in [1.54, 1.807) is 6.92 Å². The maximum atomic E-state index is 8.25. The van der Waals surface area contributed by atoms with Gasteiger partial charge in [0, 0.05) is 12.5 Å². The molecule has 70 valence electrons. The van der Waals surface area contributed by atoms with Gasteiger partial charge in [0.1, 0.15) is 0 Å². The summed E-state index contributed by atoms with van der Waals surface area (Å²) < 4.78 is 0. The van der Waals surface area contributed by atoms with Crippen LogP contribution < -0.4 is 4.98 Å². The Bertz CT molecular complexity index is 321. The van der Waals surface area contributed by atoms with Crippen LogP contribution in [0.4, 0.5) is 5.95 Å². The summed E-state index contributed by atoms with van der Waals surface area (Å²) in [7, 11) is 0. The van der Waals surface area contributed by atoms with E-state index >= 15 is 0 Å². The Morgan fingerprint density at radius 3 is 2.62 bits per heavy atom. The van der Waals surface area contributed by atoms with Gasteiger partial charge in [-0.1, -0.05) is 0 Å². The van der Waals surface area contributed by atoms with Crippen molar-refractivity contribution in [3.05, 3.63) is 31.6 Å². The number of nitrogens with zero attached hydrogens (tertiary/aromatic N) is 5. The quantitative estimate of drug-likeness (QED) is 0.219. The molecule has 0 amide bonds. The first-order chi connectivity index (χ1) is 6.06. The first-order valence-corrected chi connectivity index (χ1v) is 2.87. The van der Waals surface area contributed by atoms with Gasteiger partial charge in [-0.15, -0.1) is 5.10 Å². The molecule has 0 atom stereocenters. The highest BCUT2D eigenvalue weighted by Gasteiger charge is 2.07. The van der Waals surface area contributed by atoms with Crippen molar-refractivity contribution in [3.8, 4) is 0 Å². The molecular weight excluding hydrogens is 182 g/mol. The van der Waals surface area contributed by atoms with Crippen molar-refractivity contribution in [2.45, 2.75) is 6.92 Å². The molecule has 0 spiro atoms. The molecule has 1 rings (SSSR count). The van der Waals surface area contributed by atoms with E-state index in [9.17, 15) is 0 Å². The fraction of sp³-hybridized carbons (Fsp3) is 0.333. The molecule has 0 unspecified atom stereocenters. The minimum Gasteiger partial charge on any atom is -0.356 e. The van der Waals surface area contributed by atoms with Gasteiger partial charge in [0.15, 0.2) is 4.91 Å². The summed E-state index contributed by atoms with van der Waals surface area (Å²) >= 11 is 0. The van der Waals surface area contributed by atoms with E-state index in [0.717, 1.165) is 0 Å². The van der Waals surface area contributed by atoms with Crippen LogP contribution in [0.25, 0.3) is 10.4 Å². The number of aromatic nitrogens is 3. The highest BCUT2D eigenvalue weighted by molar-refractivity contribution is 4.99. The van der Waals surface area contributed by atoms with Crippen molar-refractivity contribution >= 4 is 5.95 Å². The molecule has 0 saturated carbocycles. The Labute approximate surface area is 71.0 Å². The fourth-order valence-corrected chi connectivity index (χ4v) is 0.456. The number of aryl methyl sites for hydroxylation is 1. The van der Waals surface area contributed by atoms with Crippen LogP contribution in [0.15, 0.2) is 5.11 Å². The molecular formula is C3H5N7O3. The Morgan fingerprint density at radius 2 is 2.31 bits per heavy atom. The Morgan fingerprint density at radius 1 is 1.77 bits per heavy atom. The average Bonchev–Trinajstić information content (AvgIpc) is 2.35. The molecule has 13 heavy (non-hydrogen) atoms. The van der Waals surface area contributed by atoms with Crippen LogP contribution in [-0.4, -0.2) is 15.3 Å². The lowest BCUT2D eigenvalue weighted by molar-refractivity contribution is -0.402. The minimum absolute atomic E-state index is 0.329. The third kappa shape index (κ3) is 6.06. The van der Waals surface area contributed by atoms with E-state index in [2.05, 4.69) is 25.2 Å². The first kappa shape index (κ1) is 10.7. The zero-order valence-electron chi connectivity index (χ0n) is 6.46. The maximum absolute atomic E-state index is 8.25. The van der Waals surface area contributed by atoms with E-state index in [1.165, 1.54) is 0 Å². The first-order valence-electron chi connectivity index (χ1n) is 2.87. The number of aromatic amines is 2. The highest BCUT2D eigenvalue weighted by Crippen LogP contribution is 1.93. The molecule has 1 heterocycles. The van der Waals surface area contributed by atoms with Crippen molar-refractivity contribution in [2.75, 3.05) is 0 Å². The molecule has 0 fully saturated rings. The Hall–Kier alpha value is -2.35. The summed E-state index contributed by atoms with van der Waals surface area (Å²) in [6.07, 6.45) is 0. The van der Waals surface area contributed by atoms with E-state index in [4.69, 9.17) is 20.9 Å². The molecule has 0 aliphatic heterocycles. The van der Waals surface area contributed by atoms with Crippen LogP contribution in [-0.2, 0) is 0 Å². The van der Waals surface area contributed by atoms with E-state index in [0.29, 0.717) is 11.8 Å². The van der Waals surface area contributed by atoms with Crippen LogP contribution in [0.3, 0.4) is 0 Å². The van der Waals surface area contributed by atoms with Gasteiger partial charge >= 0.3 is 5.95 Å². The van der Waals surface area contributed by atoms with Gasteiger partial charge in [0.2, 0.25) is 5.82 Å². The summed E-state index contributed by atoms with van der Waals surface area (Å²) in [6, 6.07) is 0. The van der Waals surface area contributed by atoms with Crippen molar-refractivity contribution in [2.24, 2.45) is 5.11 Å². The maximum Gasteiger partial charge on any atom is 0.463 e. The summed E-state index contributed by atoms with van der Waals surface area (Å²) in [5.41, 5.74) is 7.92. The van der Waals surface area contributed by atoms with Gasteiger partial charge in [-0.2, -0.15) is 0 Å². The van der Waals surface area contributed by atoms with Crippen LogP contribution in [0.1, 0.15) is 5.82 Å². The largest absolute Gasteiger partial charge is 0.463 e. The molecule has 0 radical (unpaired) electrons. The van der Waals surface area contributed by atoms with E-state index in [-0.39, 0.29) is 0 Å². The average molecular weight is 187 g/mol. The predicted octanol–water partition coefficient (Wildman–Crippen LogP) is 0.235. The lowest BCUT2D eigenvalue weighted by Gasteiger charge is -1.74. The molecule has 10 nitrogen and oxygen atoms in total. The lowest BCUT2D eigenvalue weighted by atomic mass is 10.8. The van der Waals surface area contributed by atoms with Crippen LogP contribution in [0.2, 0.25) is 0 Å². The van der Waals surface area contributed by atoms with Gasteiger partial charge in [0.05, 0.1) is 5.09 Å². The molecule has 0 aromatic carbocycles. The fourth-order valence-electron chi connectivity index (χ4n) is 0.456. The van der Waals surface area contributed by atoms with Gasteiger partial charge in [0.25, 0.3) is 5.11 Å². The van der Waals surface area contributed by atoms with Crippen molar-refractivity contribution in [1.29, 1.82) is 0 Å². The SMILES string of the molecule is Cc1n[nH]c(N=[N+]=[N-])[nH+]1.O=[N+]([O-])[O-]. The zero-order valence-corrected chi connectivity index (χ0v) is 6.46. The minimum atomic E-state index is -1.75. The zero-order chi connectivity index (χ0) is 10.3. The number of hydrogen-bond acceptors (Lipinski definition) is 5. The second kappa shape index (κ2) is 5.32. The molecule has 1 aromatic rings. The summed E-state index contributed by atoms with van der Waals surface area (Å²) in [4.78, 5) is 13.5. The number of hydrogen-bond donors (Lipinski definition) is 1.